The minimum Gasteiger partial charge on any atom is -0.380 e. The van der Waals surface area contributed by atoms with E-state index < -0.39 is 0 Å². The van der Waals surface area contributed by atoms with Crippen LogP contribution in [0.3, 0.4) is 0 Å². The van der Waals surface area contributed by atoms with E-state index in [-0.39, 0.29) is 9.92 Å². The van der Waals surface area contributed by atoms with Gasteiger partial charge in [0.2, 0.25) is 0 Å². The molecule has 0 saturated heterocycles. The fourth-order valence-electron chi connectivity index (χ4n) is 1.86. The lowest BCUT2D eigenvalue weighted by Crippen LogP contribution is -1.97. The molecule has 0 saturated carbocycles. The molecule has 6 nitrogen and oxygen atoms in total. The van der Waals surface area contributed by atoms with Crippen molar-refractivity contribution in [1.82, 2.24) is 10.2 Å². The normalized spacial score (nSPS) is 10.7. The number of aromatic amines is 1. The van der Waals surface area contributed by atoms with Crippen molar-refractivity contribution in [2.75, 3.05) is 5.32 Å². The van der Waals surface area contributed by atoms with Crippen molar-refractivity contribution in [1.29, 1.82) is 0 Å². The lowest BCUT2D eigenvalue weighted by Gasteiger charge is -2.05. The highest BCUT2D eigenvalue weighted by molar-refractivity contribution is 7.15. The van der Waals surface area contributed by atoms with Crippen molar-refractivity contribution in [3.63, 3.8) is 0 Å². The molecule has 96 valence electrons. The van der Waals surface area contributed by atoms with Crippen LogP contribution in [0.5, 0.6) is 0 Å². The van der Waals surface area contributed by atoms with Crippen LogP contribution in [-0.2, 0) is 6.54 Å². The quantitative estimate of drug-likeness (QED) is 0.565. The van der Waals surface area contributed by atoms with Gasteiger partial charge in [-0.1, -0.05) is 17.4 Å². The number of benzene rings is 1. The molecule has 2 N–H and O–H groups in total. The molecule has 3 aromatic rings. The van der Waals surface area contributed by atoms with E-state index in [1.54, 1.807) is 12.3 Å². The predicted molar refractivity (Wildman–Crippen MR) is 74.4 cm³/mol. The highest BCUT2D eigenvalue weighted by atomic mass is 32.1. The summed E-state index contributed by atoms with van der Waals surface area (Å²) in [6, 6.07) is 9.13. The minimum atomic E-state index is -0.370. The van der Waals surface area contributed by atoms with Crippen molar-refractivity contribution in [2.45, 2.75) is 6.54 Å². The minimum absolute atomic E-state index is 0.165. The van der Waals surface area contributed by atoms with Crippen LogP contribution in [0.25, 0.3) is 10.9 Å². The molecule has 19 heavy (non-hydrogen) atoms. The first-order valence-electron chi connectivity index (χ1n) is 5.63. The molecule has 0 aliphatic rings. The van der Waals surface area contributed by atoms with Crippen LogP contribution in [0.1, 0.15) is 4.88 Å². The number of anilines is 1. The van der Waals surface area contributed by atoms with E-state index in [2.05, 4.69) is 15.5 Å². The van der Waals surface area contributed by atoms with Gasteiger partial charge < -0.3 is 5.32 Å². The number of nitrogens with one attached hydrogen (secondary N) is 2. The molecular weight excluding hydrogens is 264 g/mol. The zero-order valence-electron chi connectivity index (χ0n) is 9.79. The molecule has 0 bridgehead atoms. The van der Waals surface area contributed by atoms with E-state index in [4.69, 9.17) is 0 Å². The van der Waals surface area contributed by atoms with Crippen LogP contribution >= 0.6 is 11.3 Å². The smallest absolute Gasteiger partial charge is 0.324 e. The van der Waals surface area contributed by atoms with E-state index in [9.17, 15) is 10.1 Å². The van der Waals surface area contributed by atoms with Gasteiger partial charge in [-0.25, -0.2) is 0 Å². The maximum Gasteiger partial charge on any atom is 0.324 e. The third-order valence-corrected chi connectivity index (χ3v) is 3.80. The molecule has 0 fully saturated rings. The molecule has 0 spiro atoms. The first-order valence-corrected chi connectivity index (χ1v) is 6.45. The SMILES string of the molecule is O=[N+]([O-])c1ccc(CNc2cccc3[nH]ncc23)s1. The number of aromatic nitrogens is 2. The van der Waals surface area contributed by atoms with Gasteiger partial charge in [-0.2, -0.15) is 5.10 Å². The van der Waals surface area contributed by atoms with Crippen molar-refractivity contribution in [3.8, 4) is 0 Å². The third kappa shape index (κ3) is 2.27. The number of H-pyrrole nitrogens is 1. The van der Waals surface area contributed by atoms with Gasteiger partial charge in [-0.3, -0.25) is 15.2 Å². The zero-order valence-corrected chi connectivity index (χ0v) is 10.6. The van der Waals surface area contributed by atoms with Gasteiger partial charge in [0.1, 0.15) is 0 Å². The number of thiophene rings is 1. The molecule has 2 heterocycles. The van der Waals surface area contributed by atoms with E-state index in [1.165, 1.54) is 17.4 Å². The molecule has 0 radical (unpaired) electrons. The van der Waals surface area contributed by atoms with Crippen molar-refractivity contribution < 1.29 is 4.92 Å². The summed E-state index contributed by atoms with van der Waals surface area (Å²) >= 11 is 1.18. The van der Waals surface area contributed by atoms with Crippen LogP contribution in [0.15, 0.2) is 36.5 Å². The Morgan fingerprint density at radius 1 is 1.37 bits per heavy atom. The summed E-state index contributed by atoms with van der Waals surface area (Å²) < 4.78 is 0. The van der Waals surface area contributed by atoms with Gasteiger partial charge >= 0.3 is 5.00 Å². The Labute approximate surface area is 112 Å². The second-order valence-corrected chi connectivity index (χ2v) is 5.13. The van der Waals surface area contributed by atoms with Gasteiger partial charge in [0.15, 0.2) is 0 Å². The topological polar surface area (TPSA) is 83.9 Å². The number of nitrogens with zero attached hydrogens (tertiary/aromatic N) is 2. The Morgan fingerprint density at radius 3 is 3.05 bits per heavy atom. The molecule has 0 aliphatic carbocycles. The largest absolute Gasteiger partial charge is 0.380 e. The number of rotatable bonds is 4. The molecule has 0 atom stereocenters. The number of hydrogen-bond donors (Lipinski definition) is 2. The molecule has 0 unspecified atom stereocenters. The third-order valence-electron chi connectivity index (χ3n) is 2.77. The fraction of sp³-hybridized carbons (Fsp3) is 0.0833. The van der Waals surface area contributed by atoms with E-state index in [0.717, 1.165) is 21.5 Å². The first-order chi connectivity index (χ1) is 9.24. The average molecular weight is 274 g/mol. The maximum atomic E-state index is 10.6. The highest BCUT2D eigenvalue weighted by Gasteiger charge is 2.09. The van der Waals surface area contributed by atoms with Gasteiger partial charge in [-0.05, 0) is 18.2 Å². The summed E-state index contributed by atoms with van der Waals surface area (Å²) in [4.78, 5) is 11.2. The average Bonchev–Trinajstić information content (AvgIpc) is 3.05. The summed E-state index contributed by atoms with van der Waals surface area (Å²) in [5.74, 6) is 0. The van der Waals surface area contributed by atoms with Crippen molar-refractivity contribution in [2.24, 2.45) is 0 Å². The van der Waals surface area contributed by atoms with E-state index >= 15 is 0 Å². The maximum absolute atomic E-state index is 10.6. The molecule has 0 aliphatic heterocycles. The Kier molecular flexibility index (Phi) is 2.88. The molecule has 3 rings (SSSR count). The van der Waals surface area contributed by atoms with Crippen LogP contribution in [0.2, 0.25) is 0 Å². The summed E-state index contributed by atoms with van der Waals surface area (Å²) in [5, 5.41) is 21.9. The molecule has 2 aromatic heterocycles. The van der Waals surface area contributed by atoms with E-state index in [0.29, 0.717) is 6.54 Å². The summed E-state index contributed by atoms with van der Waals surface area (Å²) in [5.41, 5.74) is 1.92. The standard InChI is InChI=1S/C12H10N4O2S/c17-16(18)12-5-4-8(19-12)6-13-10-2-1-3-11-9(10)7-14-15-11/h1-5,7,13H,6H2,(H,14,15). The summed E-state index contributed by atoms with van der Waals surface area (Å²) in [7, 11) is 0. The van der Waals surface area contributed by atoms with Crippen LogP contribution in [0.4, 0.5) is 10.7 Å². The number of fused-ring (bicyclic) bond motifs is 1. The summed E-state index contributed by atoms with van der Waals surface area (Å²) in [6.45, 7) is 0.558. The van der Waals surface area contributed by atoms with Gasteiger partial charge in [0.05, 0.1) is 16.6 Å². The highest BCUT2D eigenvalue weighted by Crippen LogP contribution is 2.26. The van der Waals surface area contributed by atoms with Crippen LogP contribution in [0, 0.1) is 10.1 Å². The fourth-order valence-corrected chi connectivity index (χ4v) is 2.62. The number of hydrogen-bond acceptors (Lipinski definition) is 5. The lowest BCUT2D eigenvalue weighted by atomic mass is 10.2. The molecule has 0 amide bonds. The monoisotopic (exact) mass is 274 g/mol. The van der Waals surface area contributed by atoms with Gasteiger partial charge in [-0.15, -0.1) is 0 Å². The van der Waals surface area contributed by atoms with Crippen LogP contribution < -0.4 is 5.32 Å². The molecular formula is C12H10N4O2S. The second-order valence-electron chi connectivity index (χ2n) is 3.99. The zero-order chi connectivity index (χ0) is 13.2. The lowest BCUT2D eigenvalue weighted by molar-refractivity contribution is -0.380. The first kappa shape index (κ1) is 11.7. The number of nitro groups is 1. The molecule has 1 aromatic carbocycles. The van der Waals surface area contributed by atoms with Crippen molar-refractivity contribution in [3.05, 3.63) is 51.5 Å². The van der Waals surface area contributed by atoms with Crippen LogP contribution in [-0.4, -0.2) is 15.1 Å². The van der Waals surface area contributed by atoms with E-state index in [1.807, 2.05) is 18.2 Å². The van der Waals surface area contributed by atoms with Gasteiger partial charge in [0.25, 0.3) is 0 Å². The Morgan fingerprint density at radius 2 is 2.26 bits per heavy atom. The Bertz CT molecular complexity index is 734. The Hall–Kier alpha value is -2.41. The Balaban J connectivity index is 1.78. The van der Waals surface area contributed by atoms with Crippen molar-refractivity contribution >= 4 is 32.9 Å². The molecule has 7 heteroatoms. The predicted octanol–water partition coefficient (Wildman–Crippen LogP) is 3.14. The van der Waals surface area contributed by atoms with Gasteiger partial charge in [0, 0.05) is 28.6 Å². The summed E-state index contributed by atoms with van der Waals surface area (Å²) in [6.07, 6.45) is 1.76. The second kappa shape index (κ2) is 4.69.